The van der Waals surface area contributed by atoms with Gasteiger partial charge in [0.1, 0.15) is 5.37 Å². The SMILES string of the molecule is Cc1ccccc1C(=O)N1CCSC1c1ccc2c(c1)OCO2. The van der Waals surface area contributed by atoms with Crippen molar-refractivity contribution in [1.82, 2.24) is 4.90 Å². The van der Waals surface area contributed by atoms with Crippen LogP contribution in [-0.2, 0) is 0 Å². The summed E-state index contributed by atoms with van der Waals surface area (Å²) in [5.74, 6) is 2.57. The molecule has 1 saturated heterocycles. The molecule has 0 bridgehead atoms. The van der Waals surface area contributed by atoms with Crippen LogP contribution in [0.4, 0.5) is 0 Å². The van der Waals surface area contributed by atoms with E-state index in [1.54, 1.807) is 11.8 Å². The lowest BCUT2D eigenvalue weighted by molar-refractivity contribution is 0.0759. The van der Waals surface area contributed by atoms with Crippen molar-refractivity contribution in [3.8, 4) is 11.5 Å². The van der Waals surface area contributed by atoms with Crippen LogP contribution in [0.15, 0.2) is 42.5 Å². The fourth-order valence-electron chi connectivity index (χ4n) is 2.99. The molecule has 0 aliphatic carbocycles. The molecule has 0 N–H and O–H groups in total. The monoisotopic (exact) mass is 327 g/mol. The van der Waals surface area contributed by atoms with E-state index in [0.717, 1.165) is 40.5 Å². The van der Waals surface area contributed by atoms with Crippen LogP contribution >= 0.6 is 11.8 Å². The Kier molecular flexibility index (Phi) is 3.65. The zero-order valence-electron chi connectivity index (χ0n) is 12.8. The normalized spacial score (nSPS) is 19.2. The molecule has 0 spiro atoms. The summed E-state index contributed by atoms with van der Waals surface area (Å²) in [6.45, 7) is 3.01. The van der Waals surface area contributed by atoms with Gasteiger partial charge in [0.05, 0.1) is 0 Å². The van der Waals surface area contributed by atoms with Crippen molar-refractivity contribution in [2.24, 2.45) is 0 Å². The molecule has 1 fully saturated rings. The number of carbonyl (C=O) groups is 1. The number of carbonyl (C=O) groups excluding carboxylic acids is 1. The van der Waals surface area contributed by atoms with Crippen LogP contribution in [0, 0.1) is 6.92 Å². The lowest BCUT2D eigenvalue weighted by Crippen LogP contribution is -2.30. The average Bonchev–Trinajstić information content (AvgIpc) is 3.23. The smallest absolute Gasteiger partial charge is 0.255 e. The van der Waals surface area contributed by atoms with Crippen molar-refractivity contribution >= 4 is 17.7 Å². The molecule has 1 unspecified atom stereocenters. The summed E-state index contributed by atoms with van der Waals surface area (Å²) >= 11 is 1.79. The maximum atomic E-state index is 12.9. The zero-order valence-corrected chi connectivity index (χ0v) is 13.6. The molecular formula is C18H17NO3S. The summed E-state index contributed by atoms with van der Waals surface area (Å²) in [6.07, 6.45) is 0. The number of nitrogens with zero attached hydrogens (tertiary/aromatic N) is 1. The van der Waals surface area contributed by atoms with E-state index >= 15 is 0 Å². The molecule has 2 aliphatic heterocycles. The molecule has 118 valence electrons. The zero-order chi connectivity index (χ0) is 15.8. The summed E-state index contributed by atoms with van der Waals surface area (Å²) in [4.78, 5) is 14.9. The van der Waals surface area contributed by atoms with Gasteiger partial charge in [-0.2, -0.15) is 0 Å². The summed E-state index contributed by atoms with van der Waals surface area (Å²) in [6, 6.07) is 13.7. The number of amides is 1. The highest BCUT2D eigenvalue weighted by molar-refractivity contribution is 7.99. The van der Waals surface area contributed by atoms with Crippen molar-refractivity contribution in [3.05, 3.63) is 59.2 Å². The minimum absolute atomic E-state index is 0.0246. The highest BCUT2D eigenvalue weighted by atomic mass is 32.2. The van der Waals surface area contributed by atoms with Crippen molar-refractivity contribution in [1.29, 1.82) is 0 Å². The second-order valence-corrected chi connectivity index (χ2v) is 6.84. The van der Waals surface area contributed by atoms with Crippen molar-refractivity contribution in [2.45, 2.75) is 12.3 Å². The maximum absolute atomic E-state index is 12.9. The first-order valence-electron chi connectivity index (χ1n) is 7.62. The Balaban J connectivity index is 1.64. The number of aryl methyl sites for hydroxylation is 1. The van der Waals surface area contributed by atoms with E-state index in [2.05, 4.69) is 0 Å². The van der Waals surface area contributed by atoms with Crippen LogP contribution in [-0.4, -0.2) is 29.9 Å². The van der Waals surface area contributed by atoms with Crippen molar-refractivity contribution < 1.29 is 14.3 Å². The molecule has 4 rings (SSSR count). The molecule has 23 heavy (non-hydrogen) atoms. The number of ether oxygens (including phenoxy) is 2. The standard InChI is InChI=1S/C18H17NO3S/c1-12-4-2-3-5-14(12)17(20)19-8-9-23-18(19)13-6-7-15-16(10-13)22-11-21-15/h2-7,10,18H,8-9,11H2,1H3. The molecule has 2 heterocycles. The molecule has 4 nitrogen and oxygen atoms in total. The minimum Gasteiger partial charge on any atom is -0.454 e. The predicted octanol–water partition coefficient (Wildman–Crippen LogP) is 3.61. The number of rotatable bonds is 2. The minimum atomic E-state index is 0.0246. The fraction of sp³-hybridized carbons (Fsp3) is 0.278. The largest absolute Gasteiger partial charge is 0.454 e. The third-order valence-corrected chi connectivity index (χ3v) is 5.47. The Morgan fingerprint density at radius 2 is 2.00 bits per heavy atom. The van der Waals surface area contributed by atoms with Crippen LogP contribution in [0.2, 0.25) is 0 Å². The Bertz CT molecular complexity index is 762. The molecule has 1 amide bonds. The van der Waals surface area contributed by atoms with E-state index in [4.69, 9.17) is 9.47 Å². The van der Waals surface area contributed by atoms with Gasteiger partial charge in [-0.05, 0) is 36.2 Å². The van der Waals surface area contributed by atoms with Crippen LogP contribution in [0.3, 0.4) is 0 Å². The molecule has 5 heteroatoms. The quantitative estimate of drug-likeness (QED) is 0.844. The van der Waals surface area contributed by atoms with Gasteiger partial charge in [0, 0.05) is 17.9 Å². The Hall–Kier alpha value is -2.14. The number of hydrogen-bond acceptors (Lipinski definition) is 4. The molecule has 1 atom stereocenters. The first-order chi connectivity index (χ1) is 11.2. The first-order valence-corrected chi connectivity index (χ1v) is 8.66. The van der Waals surface area contributed by atoms with E-state index in [1.807, 2.05) is 54.3 Å². The van der Waals surface area contributed by atoms with Crippen LogP contribution < -0.4 is 9.47 Å². The van der Waals surface area contributed by atoms with Gasteiger partial charge < -0.3 is 14.4 Å². The molecule has 2 aromatic carbocycles. The summed E-state index contributed by atoms with van der Waals surface area (Å²) in [5.41, 5.74) is 2.87. The maximum Gasteiger partial charge on any atom is 0.255 e. The number of hydrogen-bond donors (Lipinski definition) is 0. The van der Waals surface area contributed by atoms with Crippen molar-refractivity contribution in [3.63, 3.8) is 0 Å². The summed E-state index contributed by atoms with van der Waals surface area (Å²) in [5, 5.41) is 0.0246. The topological polar surface area (TPSA) is 38.8 Å². The lowest BCUT2D eigenvalue weighted by Gasteiger charge is -2.25. The van der Waals surface area contributed by atoms with Crippen LogP contribution in [0.5, 0.6) is 11.5 Å². The lowest BCUT2D eigenvalue weighted by atomic mass is 10.1. The number of benzene rings is 2. The fourth-order valence-corrected chi connectivity index (χ4v) is 4.23. The Morgan fingerprint density at radius 1 is 1.17 bits per heavy atom. The van der Waals surface area contributed by atoms with Crippen molar-refractivity contribution in [2.75, 3.05) is 19.1 Å². The molecular weight excluding hydrogens is 310 g/mol. The second kappa shape index (κ2) is 5.81. The molecule has 2 aromatic rings. The summed E-state index contributed by atoms with van der Waals surface area (Å²) < 4.78 is 10.8. The van der Waals surface area contributed by atoms with E-state index in [0.29, 0.717) is 0 Å². The van der Waals surface area contributed by atoms with E-state index in [-0.39, 0.29) is 18.1 Å². The van der Waals surface area contributed by atoms with Crippen LogP contribution in [0.1, 0.15) is 26.9 Å². The van der Waals surface area contributed by atoms with E-state index in [9.17, 15) is 4.79 Å². The number of thioether (sulfide) groups is 1. The summed E-state index contributed by atoms with van der Waals surface area (Å²) in [7, 11) is 0. The third kappa shape index (κ3) is 2.55. The van der Waals surface area contributed by atoms with Gasteiger partial charge in [0.2, 0.25) is 6.79 Å². The number of fused-ring (bicyclic) bond motifs is 1. The molecule has 0 saturated carbocycles. The van der Waals surface area contributed by atoms with Crippen LogP contribution in [0.25, 0.3) is 0 Å². The van der Waals surface area contributed by atoms with Gasteiger partial charge in [-0.25, -0.2) is 0 Å². The Labute approximate surface area is 139 Å². The van der Waals surface area contributed by atoms with Gasteiger partial charge in [-0.3, -0.25) is 4.79 Å². The van der Waals surface area contributed by atoms with E-state index in [1.165, 1.54) is 0 Å². The first kappa shape index (κ1) is 14.5. The van der Waals surface area contributed by atoms with Gasteiger partial charge in [0.25, 0.3) is 5.91 Å². The predicted molar refractivity (Wildman–Crippen MR) is 90.0 cm³/mol. The highest BCUT2D eigenvalue weighted by Crippen LogP contribution is 2.42. The van der Waals surface area contributed by atoms with Gasteiger partial charge in [0.15, 0.2) is 11.5 Å². The average molecular weight is 327 g/mol. The Morgan fingerprint density at radius 3 is 2.87 bits per heavy atom. The molecule has 2 aliphatic rings. The highest BCUT2D eigenvalue weighted by Gasteiger charge is 2.32. The van der Waals surface area contributed by atoms with Gasteiger partial charge in [-0.15, -0.1) is 11.8 Å². The van der Waals surface area contributed by atoms with E-state index < -0.39 is 0 Å². The molecule has 0 radical (unpaired) electrons. The molecule has 0 aromatic heterocycles. The van der Waals surface area contributed by atoms with Gasteiger partial charge >= 0.3 is 0 Å². The third-order valence-electron chi connectivity index (χ3n) is 4.21. The van der Waals surface area contributed by atoms with Gasteiger partial charge in [-0.1, -0.05) is 24.3 Å². The second-order valence-electron chi connectivity index (χ2n) is 5.65.